The van der Waals surface area contributed by atoms with Gasteiger partial charge in [-0.25, -0.2) is 0 Å². The zero-order valence-corrected chi connectivity index (χ0v) is 24.8. The average Bonchev–Trinajstić information content (AvgIpc) is 3.78. The molecule has 0 unspecified atom stereocenters. The monoisotopic (exact) mass is 580 g/mol. The first-order chi connectivity index (χ1) is 19.7. The maximum atomic E-state index is 14.1. The molecule has 0 heterocycles. The SMILES string of the molecule is CN(C)c1c(CN(C)C2(C3CC3)CC2)cc(O)c2c1C[C@H]1C[C@H]3[C@H](N(C)C)C(=O)C(C(N)=O)=C(O)[C@@]3(O)C(=O)C1=C2O. The number of phenolic OH excluding ortho intramolecular Hbond substituents is 1. The van der Waals surface area contributed by atoms with E-state index in [1.54, 1.807) is 20.2 Å². The van der Waals surface area contributed by atoms with E-state index in [4.69, 9.17) is 5.73 Å². The van der Waals surface area contributed by atoms with Crippen LogP contribution in [-0.2, 0) is 27.3 Å². The number of likely N-dealkylation sites (N-methyl/N-ethyl adjacent to an activating group) is 1. The Morgan fingerprint density at radius 3 is 2.24 bits per heavy atom. The number of fused-ring (bicyclic) bond motifs is 3. The van der Waals surface area contributed by atoms with Gasteiger partial charge >= 0.3 is 0 Å². The lowest BCUT2D eigenvalue weighted by Crippen LogP contribution is -2.65. The number of ketones is 2. The Labute approximate surface area is 244 Å². The number of aromatic hydroxyl groups is 1. The first-order valence-electron chi connectivity index (χ1n) is 14.6. The number of amides is 1. The lowest BCUT2D eigenvalue weighted by atomic mass is 9.57. The Hall–Kier alpha value is -3.41. The molecule has 5 aliphatic carbocycles. The molecule has 11 heteroatoms. The third-order valence-electron chi connectivity index (χ3n) is 10.5. The number of aliphatic hydroxyl groups is 3. The quantitative estimate of drug-likeness (QED) is 0.297. The number of hydrogen-bond donors (Lipinski definition) is 5. The van der Waals surface area contributed by atoms with E-state index in [1.807, 2.05) is 19.0 Å². The number of nitrogens with zero attached hydrogens (tertiary/aromatic N) is 3. The summed E-state index contributed by atoms with van der Waals surface area (Å²) in [4.78, 5) is 45.4. The zero-order valence-electron chi connectivity index (χ0n) is 24.8. The Bertz CT molecular complexity index is 1490. The van der Waals surface area contributed by atoms with Crippen LogP contribution in [0.3, 0.4) is 0 Å². The standard InChI is InChI=1S/C31H40N4O7/c1-33(2)23-15(13-35(5)30(8-9-30)16-6-7-16)12-19(36)21-17(23)10-14-11-18-24(34(3)4)26(38)22(29(32)41)28(40)31(18,42)27(39)20(14)25(21)37/h12,14,16,18,24,36-37,40,42H,6-11,13H2,1-5H3,(H2,32,41)/t14-,18-,24-,31-/m0/s1. The molecule has 5 aliphatic rings. The maximum absolute atomic E-state index is 14.1. The molecule has 0 aromatic heterocycles. The van der Waals surface area contributed by atoms with Crippen molar-refractivity contribution in [3.63, 3.8) is 0 Å². The molecule has 226 valence electrons. The summed E-state index contributed by atoms with van der Waals surface area (Å²) in [6, 6.07) is 0.528. The maximum Gasteiger partial charge on any atom is 0.255 e. The number of Topliss-reactive ketones (excluding diaryl/α,β-unsaturated/α-hetero) is 2. The van der Waals surface area contributed by atoms with Crippen molar-refractivity contribution < 1.29 is 34.8 Å². The number of primary amides is 1. The van der Waals surface area contributed by atoms with Crippen LogP contribution in [0.4, 0.5) is 5.69 Å². The van der Waals surface area contributed by atoms with E-state index in [2.05, 4.69) is 11.9 Å². The van der Waals surface area contributed by atoms with Gasteiger partial charge in [-0.1, -0.05) is 0 Å². The lowest BCUT2D eigenvalue weighted by Gasteiger charge is -2.50. The van der Waals surface area contributed by atoms with Gasteiger partial charge in [-0.3, -0.25) is 24.2 Å². The van der Waals surface area contributed by atoms with Crippen LogP contribution in [0.15, 0.2) is 23.0 Å². The smallest absolute Gasteiger partial charge is 0.255 e. The van der Waals surface area contributed by atoms with E-state index < -0.39 is 58.0 Å². The molecule has 0 spiro atoms. The molecule has 6 rings (SSSR count). The second-order valence-corrected chi connectivity index (χ2v) is 13.3. The Morgan fingerprint density at radius 1 is 1.07 bits per heavy atom. The van der Waals surface area contributed by atoms with Crippen LogP contribution in [0.1, 0.15) is 48.8 Å². The largest absolute Gasteiger partial charge is 0.508 e. The zero-order chi connectivity index (χ0) is 30.6. The molecule has 1 aromatic rings. The fraction of sp³-hybridized carbons (Fsp3) is 0.581. The normalized spacial score (nSPS) is 30.0. The molecule has 0 aliphatic heterocycles. The summed E-state index contributed by atoms with van der Waals surface area (Å²) < 4.78 is 0. The van der Waals surface area contributed by atoms with Crippen molar-refractivity contribution >= 4 is 28.9 Å². The number of hydrogen-bond acceptors (Lipinski definition) is 10. The molecular weight excluding hydrogens is 540 g/mol. The summed E-state index contributed by atoms with van der Waals surface area (Å²) in [5.41, 5.74) is 4.57. The minimum atomic E-state index is -2.64. The minimum absolute atomic E-state index is 0.0638. The number of rotatable bonds is 7. The van der Waals surface area contributed by atoms with E-state index in [-0.39, 0.29) is 35.3 Å². The van der Waals surface area contributed by atoms with Gasteiger partial charge in [0, 0.05) is 43.4 Å². The molecule has 0 saturated heterocycles. The highest BCUT2D eigenvalue weighted by molar-refractivity contribution is 6.24. The average molecular weight is 581 g/mol. The van der Waals surface area contributed by atoms with Crippen molar-refractivity contribution in [2.75, 3.05) is 40.1 Å². The molecule has 4 atom stereocenters. The lowest BCUT2D eigenvalue weighted by molar-refractivity contribution is -0.153. The summed E-state index contributed by atoms with van der Waals surface area (Å²) in [7, 11) is 9.11. The van der Waals surface area contributed by atoms with Crippen LogP contribution in [0.2, 0.25) is 0 Å². The molecule has 11 nitrogen and oxygen atoms in total. The highest BCUT2D eigenvalue weighted by Crippen LogP contribution is 2.58. The molecule has 42 heavy (non-hydrogen) atoms. The Balaban J connectivity index is 1.48. The number of benzene rings is 1. The second-order valence-electron chi connectivity index (χ2n) is 13.3. The number of nitrogens with two attached hydrogens (primary N) is 1. The first-order valence-corrected chi connectivity index (χ1v) is 14.6. The van der Waals surface area contributed by atoms with Crippen LogP contribution in [0.5, 0.6) is 5.75 Å². The van der Waals surface area contributed by atoms with Gasteiger partial charge in [0.2, 0.25) is 5.78 Å². The topological polar surface area (TPSA) is 168 Å². The van der Waals surface area contributed by atoms with Gasteiger partial charge in [-0.2, -0.15) is 0 Å². The minimum Gasteiger partial charge on any atom is -0.508 e. The highest BCUT2D eigenvalue weighted by atomic mass is 16.3. The first kappa shape index (κ1) is 28.7. The van der Waals surface area contributed by atoms with Gasteiger partial charge in [0.15, 0.2) is 11.4 Å². The van der Waals surface area contributed by atoms with Crippen LogP contribution in [0.25, 0.3) is 5.76 Å². The van der Waals surface area contributed by atoms with Crippen molar-refractivity contribution in [3.8, 4) is 5.75 Å². The molecule has 0 bridgehead atoms. The van der Waals surface area contributed by atoms with Crippen molar-refractivity contribution in [2.45, 2.75) is 62.3 Å². The summed E-state index contributed by atoms with van der Waals surface area (Å²) in [5, 5.41) is 45.7. The van der Waals surface area contributed by atoms with Crippen LogP contribution in [-0.4, -0.2) is 100 Å². The predicted octanol–water partition coefficient (Wildman–Crippen LogP) is 1.40. The number of phenols is 1. The van der Waals surface area contributed by atoms with Gasteiger partial charge in [-0.05, 0) is 88.7 Å². The Morgan fingerprint density at radius 2 is 1.71 bits per heavy atom. The van der Waals surface area contributed by atoms with E-state index in [0.29, 0.717) is 18.0 Å². The summed E-state index contributed by atoms with van der Waals surface area (Å²) in [6.45, 7) is 0.611. The van der Waals surface area contributed by atoms with Crippen LogP contribution >= 0.6 is 0 Å². The molecule has 6 N–H and O–H groups in total. The fourth-order valence-electron chi connectivity index (χ4n) is 8.31. The second kappa shape index (κ2) is 9.29. The third kappa shape index (κ3) is 3.79. The Kier molecular flexibility index (Phi) is 6.35. The molecule has 0 radical (unpaired) electrons. The van der Waals surface area contributed by atoms with Crippen molar-refractivity contribution in [1.82, 2.24) is 9.80 Å². The molecule has 1 aromatic carbocycles. The number of anilines is 1. The summed E-state index contributed by atoms with van der Waals surface area (Å²) in [6.07, 6.45) is 5.14. The summed E-state index contributed by atoms with van der Waals surface area (Å²) >= 11 is 0. The van der Waals surface area contributed by atoms with Crippen molar-refractivity contribution in [2.24, 2.45) is 23.5 Å². The van der Waals surface area contributed by atoms with Crippen LogP contribution < -0.4 is 10.6 Å². The predicted molar refractivity (Wildman–Crippen MR) is 155 cm³/mol. The van der Waals surface area contributed by atoms with E-state index in [0.717, 1.165) is 24.1 Å². The molecule has 3 saturated carbocycles. The fourth-order valence-corrected chi connectivity index (χ4v) is 8.31. The molecule has 1 amide bonds. The summed E-state index contributed by atoms with van der Waals surface area (Å²) in [5.74, 6) is -5.75. The molecular formula is C31H40N4O7. The number of carbonyl (C=O) groups is 3. The van der Waals surface area contributed by atoms with E-state index >= 15 is 0 Å². The third-order valence-corrected chi connectivity index (χ3v) is 10.5. The van der Waals surface area contributed by atoms with Gasteiger partial charge in [0.1, 0.15) is 22.8 Å². The van der Waals surface area contributed by atoms with Crippen LogP contribution in [0, 0.1) is 17.8 Å². The van der Waals surface area contributed by atoms with Crippen molar-refractivity contribution in [1.29, 1.82) is 0 Å². The van der Waals surface area contributed by atoms with Gasteiger partial charge in [0.05, 0.1) is 11.6 Å². The van der Waals surface area contributed by atoms with Gasteiger partial charge in [0.25, 0.3) is 5.91 Å². The molecule has 3 fully saturated rings. The van der Waals surface area contributed by atoms with Gasteiger partial charge < -0.3 is 31.1 Å². The van der Waals surface area contributed by atoms with E-state index in [9.17, 15) is 34.8 Å². The van der Waals surface area contributed by atoms with E-state index in [1.165, 1.54) is 17.7 Å². The number of aliphatic hydroxyl groups excluding tert-OH is 2. The van der Waals surface area contributed by atoms with Gasteiger partial charge in [-0.15, -0.1) is 0 Å². The highest BCUT2D eigenvalue weighted by Gasteiger charge is 2.64. The number of carbonyl (C=O) groups excluding carboxylic acids is 3. The van der Waals surface area contributed by atoms with Crippen molar-refractivity contribution in [3.05, 3.63) is 39.7 Å².